The summed E-state index contributed by atoms with van der Waals surface area (Å²) in [7, 11) is 0. The maximum atomic E-state index is 2.65. The van der Waals surface area contributed by atoms with E-state index in [9.17, 15) is 0 Å². The maximum Gasteiger partial charge on any atom is 0.0368 e. The topological polar surface area (TPSA) is 6.48 Å². The van der Waals surface area contributed by atoms with Gasteiger partial charge in [0.2, 0.25) is 0 Å². The SMILES string of the molecule is CCCN(c1ccccc1)C(C)Cc1ccc(CN2CCCCCC2)s1. The zero-order valence-electron chi connectivity index (χ0n) is 16.5. The van der Waals surface area contributed by atoms with Crippen molar-refractivity contribution in [2.75, 3.05) is 24.5 Å². The molecular weight excluding hydrogens is 336 g/mol. The Balaban J connectivity index is 1.59. The summed E-state index contributed by atoms with van der Waals surface area (Å²) in [5, 5.41) is 0. The highest BCUT2D eigenvalue weighted by Crippen LogP contribution is 2.24. The van der Waals surface area contributed by atoms with Gasteiger partial charge < -0.3 is 4.90 Å². The van der Waals surface area contributed by atoms with Crippen molar-refractivity contribution in [3.63, 3.8) is 0 Å². The summed E-state index contributed by atoms with van der Waals surface area (Å²) in [6.07, 6.45) is 7.90. The summed E-state index contributed by atoms with van der Waals surface area (Å²) in [5.74, 6) is 0. The number of rotatable bonds is 8. The Bertz CT molecular complexity index is 629. The first-order chi connectivity index (χ1) is 12.8. The Kier molecular flexibility index (Phi) is 7.57. The average Bonchev–Trinajstić information content (AvgIpc) is 2.93. The van der Waals surface area contributed by atoms with Crippen molar-refractivity contribution in [2.24, 2.45) is 0 Å². The summed E-state index contributed by atoms with van der Waals surface area (Å²) >= 11 is 2.02. The van der Waals surface area contributed by atoms with Gasteiger partial charge in [0.15, 0.2) is 0 Å². The predicted molar refractivity (Wildman–Crippen MR) is 115 cm³/mol. The Labute approximate surface area is 163 Å². The molecule has 1 aromatic carbocycles. The van der Waals surface area contributed by atoms with Crippen molar-refractivity contribution < 1.29 is 0 Å². The van der Waals surface area contributed by atoms with Gasteiger partial charge >= 0.3 is 0 Å². The van der Waals surface area contributed by atoms with Gasteiger partial charge in [0.25, 0.3) is 0 Å². The monoisotopic (exact) mass is 370 g/mol. The average molecular weight is 371 g/mol. The van der Waals surface area contributed by atoms with Crippen LogP contribution in [0.4, 0.5) is 5.69 Å². The number of anilines is 1. The molecule has 2 heterocycles. The molecule has 2 nitrogen and oxygen atoms in total. The standard InChI is InChI=1S/C23H34N2S/c1-3-15-25(21-11-7-6-8-12-21)20(2)18-22-13-14-23(26-22)19-24-16-9-4-5-10-17-24/h6-8,11-14,20H,3-5,9-10,15-19H2,1-2H3. The van der Waals surface area contributed by atoms with Crippen LogP contribution < -0.4 is 4.90 Å². The second-order valence-corrected chi connectivity index (χ2v) is 8.89. The van der Waals surface area contributed by atoms with E-state index in [1.54, 1.807) is 0 Å². The molecule has 1 aliphatic heterocycles. The molecule has 0 amide bonds. The minimum Gasteiger partial charge on any atom is -0.368 e. The molecule has 0 radical (unpaired) electrons. The van der Waals surface area contributed by atoms with Gasteiger partial charge in [0, 0.05) is 41.0 Å². The maximum absolute atomic E-state index is 2.65. The van der Waals surface area contributed by atoms with Crippen molar-refractivity contribution in [1.82, 2.24) is 4.90 Å². The van der Waals surface area contributed by atoms with Gasteiger partial charge in [-0.3, -0.25) is 4.90 Å². The molecule has 0 saturated carbocycles. The summed E-state index contributed by atoms with van der Waals surface area (Å²) in [6, 6.07) is 16.1. The van der Waals surface area contributed by atoms with Crippen LogP contribution in [0.1, 0.15) is 55.7 Å². The highest BCUT2D eigenvalue weighted by atomic mass is 32.1. The van der Waals surface area contributed by atoms with Crippen LogP contribution in [0.5, 0.6) is 0 Å². The number of nitrogens with zero attached hydrogens (tertiary/aromatic N) is 2. The minimum absolute atomic E-state index is 0.530. The van der Waals surface area contributed by atoms with Gasteiger partial charge in [0.1, 0.15) is 0 Å². The molecule has 26 heavy (non-hydrogen) atoms. The second-order valence-electron chi connectivity index (χ2n) is 7.64. The van der Waals surface area contributed by atoms with Crippen molar-refractivity contribution in [3.05, 3.63) is 52.2 Å². The number of hydrogen-bond acceptors (Lipinski definition) is 3. The van der Waals surface area contributed by atoms with E-state index in [1.165, 1.54) is 60.6 Å². The highest BCUT2D eigenvalue weighted by Gasteiger charge is 2.16. The molecule has 1 saturated heterocycles. The van der Waals surface area contributed by atoms with Crippen molar-refractivity contribution in [3.8, 4) is 0 Å². The Morgan fingerprint density at radius 1 is 0.962 bits per heavy atom. The van der Waals surface area contributed by atoms with Crippen molar-refractivity contribution in [1.29, 1.82) is 0 Å². The number of likely N-dealkylation sites (tertiary alicyclic amines) is 1. The lowest BCUT2D eigenvalue weighted by Gasteiger charge is -2.31. The van der Waals surface area contributed by atoms with Crippen LogP contribution in [0.25, 0.3) is 0 Å². The molecular formula is C23H34N2S. The van der Waals surface area contributed by atoms with E-state index in [1.807, 2.05) is 11.3 Å². The lowest BCUT2D eigenvalue weighted by Crippen LogP contribution is -2.35. The zero-order chi connectivity index (χ0) is 18.2. The quantitative estimate of drug-likeness (QED) is 0.564. The smallest absolute Gasteiger partial charge is 0.0368 e. The summed E-state index contributed by atoms with van der Waals surface area (Å²) in [4.78, 5) is 8.28. The second kappa shape index (κ2) is 10.1. The molecule has 0 spiro atoms. The zero-order valence-corrected chi connectivity index (χ0v) is 17.3. The third kappa shape index (κ3) is 5.59. The fourth-order valence-electron chi connectivity index (χ4n) is 4.00. The van der Waals surface area contributed by atoms with Crippen LogP contribution in [0.2, 0.25) is 0 Å². The highest BCUT2D eigenvalue weighted by molar-refractivity contribution is 7.11. The van der Waals surface area contributed by atoms with Crippen molar-refractivity contribution in [2.45, 2.75) is 65.0 Å². The molecule has 1 atom stereocenters. The van der Waals surface area contributed by atoms with Crippen LogP contribution >= 0.6 is 11.3 Å². The van der Waals surface area contributed by atoms with Gasteiger partial charge in [-0.25, -0.2) is 0 Å². The van der Waals surface area contributed by atoms with Crippen LogP contribution in [-0.2, 0) is 13.0 Å². The van der Waals surface area contributed by atoms with Gasteiger partial charge in [-0.1, -0.05) is 38.0 Å². The Hall–Kier alpha value is -1.32. The van der Waals surface area contributed by atoms with Gasteiger partial charge in [-0.2, -0.15) is 0 Å². The molecule has 1 aromatic heterocycles. The summed E-state index contributed by atoms with van der Waals surface area (Å²) in [5.41, 5.74) is 1.35. The van der Waals surface area contributed by atoms with Crippen LogP contribution in [-0.4, -0.2) is 30.6 Å². The molecule has 0 N–H and O–H groups in total. The largest absolute Gasteiger partial charge is 0.368 e. The Morgan fingerprint density at radius 2 is 1.65 bits per heavy atom. The number of benzene rings is 1. The van der Waals surface area contributed by atoms with Crippen LogP contribution in [0.3, 0.4) is 0 Å². The number of para-hydroxylation sites is 1. The number of hydrogen-bond donors (Lipinski definition) is 0. The number of thiophene rings is 1. The molecule has 2 aromatic rings. The third-order valence-corrected chi connectivity index (χ3v) is 6.47. The van der Waals surface area contributed by atoms with Gasteiger partial charge in [0.05, 0.1) is 0 Å². The van der Waals surface area contributed by atoms with E-state index < -0.39 is 0 Å². The lowest BCUT2D eigenvalue weighted by atomic mass is 10.1. The molecule has 3 rings (SSSR count). The summed E-state index contributed by atoms with van der Waals surface area (Å²) < 4.78 is 0. The van der Waals surface area contributed by atoms with E-state index >= 15 is 0 Å². The van der Waals surface area contributed by atoms with E-state index in [0.717, 1.165) is 19.5 Å². The van der Waals surface area contributed by atoms with Crippen LogP contribution in [0.15, 0.2) is 42.5 Å². The minimum atomic E-state index is 0.530. The van der Waals surface area contributed by atoms with E-state index in [2.05, 4.69) is 66.1 Å². The third-order valence-electron chi connectivity index (χ3n) is 5.38. The molecule has 3 heteroatoms. The molecule has 142 valence electrons. The normalized spacial score (nSPS) is 17.0. The molecule has 1 fully saturated rings. The fraction of sp³-hybridized carbons (Fsp3) is 0.565. The molecule has 1 aliphatic rings. The summed E-state index contributed by atoms with van der Waals surface area (Å²) in [6.45, 7) is 9.47. The first-order valence-electron chi connectivity index (χ1n) is 10.4. The molecule has 0 aliphatic carbocycles. The van der Waals surface area contributed by atoms with Gasteiger partial charge in [-0.15, -0.1) is 11.3 Å². The molecule has 1 unspecified atom stereocenters. The molecule has 0 bridgehead atoms. The van der Waals surface area contributed by atoms with Gasteiger partial charge in [-0.05, 0) is 63.5 Å². The fourth-order valence-corrected chi connectivity index (χ4v) is 5.18. The van der Waals surface area contributed by atoms with Crippen molar-refractivity contribution >= 4 is 17.0 Å². The first-order valence-corrected chi connectivity index (χ1v) is 11.2. The van der Waals surface area contributed by atoms with Crippen LogP contribution in [0, 0.1) is 0 Å². The Morgan fingerprint density at radius 3 is 2.35 bits per heavy atom. The predicted octanol–water partition coefficient (Wildman–Crippen LogP) is 5.97. The van der Waals surface area contributed by atoms with E-state index in [-0.39, 0.29) is 0 Å². The first kappa shape index (κ1) is 19.4. The van der Waals surface area contributed by atoms with E-state index in [4.69, 9.17) is 0 Å². The van der Waals surface area contributed by atoms with E-state index in [0.29, 0.717) is 6.04 Å². The lowest BCUT2D eigenvalue weighted by molar-refractivity contribution is 0.279.